The summed E-state index contributed by atoms with van der Waals surface area (Å²) in [7, 11) is 0. The Morgan fingerprint density at radius 3 is 2.79 bits per heavy atom. The summed E-state index contributed by atoms with van der Waals surface area (Å²) < 4.78 is 18.8. The van der Waals surface area contributed by atoms with Gasteiger partial charge in [0.15, 0.2) is 17.9 Å². The van der Waals surface area contributed by atoms with Gasteiger partial charge in [-0.3, -0.25) is 4.79 Å². The molecule has 0 unspecified atom stereocenters. The molecule has 0 aromatic heterocycles. The molecule has 1 aromatic carbocycles. The number of nitrogens with zero attached hydrogens (tertiary/aromatic N) is 1. The zero-order valence-corrected chi connectivity index (χ0v) is 11.3. The van der Waals surface area contributed by atoms with Gasteiger partial charge in [0.1, 0.15) is 0 Å². The first-order valence-electron chi connectivity index (χ1n) is 6.28. The molecule has 3 nitrogen and oxygen atoms in total. The van der Waals surface area contributed by atoms with Crippen LogP contribution in [-0.4, -0.2) is 12.9 Å². The molecule has 1 aromatic rings. The van der Waals surface area contributed by atoms with Gasteiger partial charge in [0, 0.05) is 0 Å². The van der Waals surface area contributed by atoms with E-state index < -0.39 is 5.82 Å². The lowest BCUT2D eigenvalue weighted by Crippen LogP contribution is -2.09. The molecule has 0 atom stereocenters. The molecule has 0 bridgehead atoms. The maximum atomic E-state index is 13.5. The van der Waals surface area contributed by atoms with Crippen molar-refractivity contribution in [1.82, 2.24) is 0 Å². The molecular formula is C15H18FNO2. The summed E-state index contributed by atoms with van der Waals surface area (Å²) in [6.07, 6.45) is 2.89. The minimum atomic E-state index is -0.526. The fourth-order valence-corrected chi connectivity index (χ4v) is 1.67. The van der Waals surface area contributed by atoms with Crippen molar-refractivity contribution in [2.75, 3.05) is 6.61 Å². The summed E-state index contributed by atoms with van der Waals surface area (Å²) in [4.78, 5) is 10.8. The first-order chi connectivity index (χ1) is 9.00. The van der Waals surface area contributed by atoms with E-state index >= 15 is 0 Å². The van der Waals surface area contributed by atoms with E-state index in [0.717, 1.165) is 19.3 Å². The van der Waals surface area contributed by atoms with Crippen molar-refractivity contribution in [3.63, 3.8) is 0 Å². The average Bonchev–Trinajstić information content (AvgIpc) is 2.39. The van der Waals surface area contributed by atoms with Crippen molar-refractivity contribution in [3.8, 4) is 11.8 Å². The number of aldehydes is 1. The van der Waals surface area contributed by atoms with Crippen molar-refractivity contribution in [2.24, 2.45) is 5.41 Å². The van der Waals surface area contributed by atoms with Gasteiger partial charge >= 0.3 is 0 Å². The summed E-state index contributed by atoms with van der Waals surface area (Å²) in [5.41, 5.74) is -0.122. The third kappa shape index (κ3) is 4.70. The molecule has 0 saturated heterocycles. The van der Waals surface area contributed by atoms with Crippen LogP contribution in [0.25, 0.3) is 0 Å². The van der Waals surface area contributed by atoms with E-state index in [2.05, 4.69) is 6.07 Å². The van der Waals surface area contributed by atoms with Crippen molar-refractivity contribution >= 4 is 6.29 Å². The Morgan fingerprint density at radius 1 is 1.42 bits per heavy atom. The van der Waals surface area contributed by atoms with E-state index in [1.165, 1.54) is 18.2 Å². The lowest BCUT2D eigenvalue weighted by atomic mass is 9.89. The maximum Gasteiger partial charge on any atom is 0.165 e. The highest BCUT2D eigenvalue weighted by atomic mass is 19.1. The zero-order valence-electron chi connectivity index (χ0n) is 11.3. The molecule has 0 aliphatic heterocycles. The van der Waals surface area contributed by atoms with Crippen LogP contribution in [0.5, 0.6) is 5.75 Å². The predicted octanol–water partition coefficient (Wildman–Crippen LogP) is 3.74. The number of carbonyl (C=O) groups excluding carboxylic acids is 1. The Morgan fingerprint density at radius 2 is 2.16 bits per heavy atom. The van der Waals surface area contributed by atoms with Crippen molar-refractivity contribution < 1.29 is 13.9 Å². The minimum absolute atomic E-state index is 0.0112. The first kappa shape index (κ1) is 15.2. The topological polar surface area (TPSA) is 50.1 Å². The van der Waals surface area contributed by atoms with Gasteiger partial charge in [0.05, 0.1) is 23.7 Å². The molecule has 19 heavy (non-hydrogen) atoms. The van der Waals surface area contributed by atoms with Gasteiger partial charge in [0.25, 0.3) is 0 Å². The summed E-state index contributed by atoms with van der Waals surface area (Å²) >= 11 is 0. The number of halogens is 1. The molecule has 0 heterocycles. The van der Waals surface area contributed by atoms with Gasteiger partial charge in [-0.05, 0) is 45.2 Å². The summed E-state index contributed by atoms with van der Waals surface area (Å²) in [6, 6.07) is 6.49. The van der Waals surface area contributed by atoms with Gasteiger partial charge < -0.3 is 4.74 Å². The Kier molecular flexibility index (Phi) is 5.50. The SMILES string of the molecule is CC(C)(C#N)CCCCOc1c(F)cccc1C=O. The number of hydrogen-bond donors (Lipinski definition) is 0. The standard InChI is InChI=1S/C15H18FNO2/c1-15(2,11-17)8-3-4-9-19-14-12(10-18)6-5-7-13(14)16/h5-7,10H,3-4,8-9H2,1-2H3. The van der Waals surface area contributed by atoms with E-state index in [1.807, 2.05) is 13.8 Å². The molecule has 0 saturated carbocycles. The van der Waals surface area contributed by atoms with Crippen molar-refractivity contribution in [2.45, 2.75) is 33.1 Å². The van der Waals surface area contributed by atoms with Crippen LogP contribution in [0.2, 0.25) is 0 Å². The van der Waals surface area contributed by atoms with Crippen LogP contribution in [0.15, 0.2) is 18.2 Å². The molecule has 0 radical (unpaired) electrons. The van der Waals surface area contributed by atoms with E-state index in [0.29, 0.717) is 12.9 Å². The third-order valence-electron chi connectivity index (χ3n) is 2.87. The second kappa shape index (κ2) is 6.89. The molecule has 0 amide bonds. The second-order valence-corrected chi connectivity index (χ2v) is 5.08. The number of ether oxygens (including phenoxy) is 1. The monoisotopic (exact) mass is 263 g/mol. The lowest BCUT2D eigenvalue weighted by molar-refractivity contribution is 0.111. The second-order valence-electron chi connectivity index (χ2n) is 5.08. The van der Waals surface area contributed by atoms with Crippen molar-refractivity contribution in [3.05, 3.63) is 29.6 Å². The van der Waals surface area contributed by atoms with Crippen LogP contribution in [-0.2, 0) is 0 Å². The van der Waals surface area contributed by atoms with Crippen LogP contribution in [0.3, 0.4) is 0 Å². The first-order valence-corrected chi connectivity index (χ1v) is 6.28. The number of carbonyl (C=O) groups is 1. The largest absolute Gasteiger partial charge is 0.490 e. The number of hydrogen-bond acceptors (Lipinski definition) is 3. The molecule has 0 N–H and O–H groups in total. The van der Waals surface area contributed by atoms with E-state index in [4.69, 9.17) is 10.00 Å². The summed E-state index contributed by atoms with van der Waals surface area (Å²) in [6.45, 7) is 4.10. The Balaban J connectivity index is 2.43. The highest BCUT2D eigenvalue weighted by molar-refractivity contribution is 5.79. The fraction of sp³-hybridized carbons (Fsp3) is 0.467. The van der Waals surface area contributed by atoms with E-state index in [1.54, 1.807) is 0 Å². The number of nitriles is 1. The predicted molar refractivity (Wildman–Crippen MR) is 70.5 cm³/mol. The zero-order chi connectivity index (χ0) is 14.3. The molecule has 4 heteroatoms. The van der Waals surface area contributed by atoms with Gasteiger partial charge in [-0.15, -0.1) is 0 Å². The van der Waals surface area contributed by atoms with E-state index in [9.17, 15) is 9.18 Å². The van der Waals surface area contributed by atoms with Gasteiger partial charge in [-0.25, -0.2) is 4.39 Å². The molecular weight excluding hydrogens is 245 g/mol. The van der Waals surface area contributed by atoms with Crippen LogP contribution in [0.1, 0.15) is 43.5 Å². The molecule has 1 rings (SSSR count). The minimum Gasteiger partial charge on any atom is -0.490 e. The average molecular weight is 263 g/mol. The summed E-state index contributed by atoms with van der Waals surface area (Å²) in [5.74, 6) is -0.515. The van der Waals surface area contributed by atoms with E-state index in [-0.39, 0.29) is 16.7 Å². The Labute approximate surface area is 113 Å². The highest BCUT2D eigenvalue weighted by Gasteiger charge is 2.15. The van der Waals surface area contributed by atoms with Crippen molar-refractivity contribution in [1.29, 1.82) is 5.26 Å². The fourth-order valence-electron chi connectivity index (χ4n) is 1.67. The Hall–Kier alpha value is -1.89. The lowest BCUT2D eigenvalue weighted by Gasteiger charge is -2.14. The van der Waals surface area contributed by atoms with Crippen LogP contribution in [0, 0.1) is 22.6 Å². The maximum absolute atomic E-state index is 13.5. The van der Waals surface area contributed by atoms with Crippen LogP contribution >= 0.6 is 0 Å². The normalized spacial score (nSPS) is 10.8. The number of rotatable bonds is 7. The highest BCUT2D eigenvalue weighted by Crippen LogP contribution is 2.23. The molecule has 0 fully saturated rings. The van der Waals surface area contributed by atoms with Crippen LogP contribution in [0.4, 0.5) is 4.39 Å². The smallest absolute Gasteiger partial charge is 0.165 e. The van der Waals surface area contributed by atoms with Gasteiger partial charge in [-0.2, -0.15) is 5.26 Å². The molecule has 0 spiro atoms. The number of unbranched alkanes of at least 4 members (excludes halogenated alkanes) is 1. The van der Waals surface area contributed by atoms with Gasteiger partial charge in [-0.1, -0.05) is 6.07 Å². The quantitative estimate of drug-likeness (QED) is 0.556. The molecule has 0 aliphatic rings. The molecule has 0 aliphatic carbocycles. The third-order valence-corrected chi connectivity index (χ3v) is 2.87. The van der Waals surface area contributed by atoms with Crippen LogP contribution < -0.4 is 4.74 Å². The van der Waals surface area contributed by atoms with Gasteiger partial charge in [0.2, 0.25) is 0 Å². The number of benzene rings is 1. The molecule has 102 valence electrons. The Bertz CT molecular complexity index is 478. The number of para-hydroxylation sites is 1. The summed E-state index contributed by atoms with van der Waals surface area (Å²) in [5, 5.41) is 8.86.